The first-order valence-corrected chi connectivity index (χ1v) is 11.1. The van der Waals surface area contributed by atoms with Crippen LogP contribution in [-0.2, 0) is 4.74 Å². The molecule has 1 saturated heterocycles. The van der Waals surface area contributed by atoms with Gasteiger partial charge in [0.05, 0.1) is 19.3 Å². The summed E-state index contributed by atoms with van der Waals surface area (Å²) in [5, 5.41) is 3.04. The molecule has 0 spiro atoms. The lowest BCUT2D eigenvalue weighted by Crippen LogP contribution is -2.44. The molecular weight excluding hydrogens is 409 g/mol. The summed E-state index contributed by atoms with van der Waals surface area (Å²) in [5.74, 6) is 0.834. The molecule has 2 heterocycles. The number of hydrogen-bond acceptors (Lipinski definition) is 5. The zero-order valence-corrected chi connectivity index (χ0v) is 17.8. The molecule has 7 heteroatoms. The normalized spacial score (nSPS) is 17.8. The minimum absolute atomic E-state index is 0.150. The van der Waals surface area contributed by atoms with Crippen LogP contribution in [0, 0.1) is 5.82 Å². The topological polar surface area (TPSA) is 67.6 Å². The van der Waals surface area contributed by atoms with Gasteiger partial charge in [-0.2, -0.15) is 0 Å². The minimum atomic E-state index is -0.285. The number of halogens is 1. The van der Waals surface area contributed by atoms with Gasteiger partial charge in [0.2, 0.25) is 5.89 Å². The smallest absolute Gasteiger partial charge is 0.273 e. The molecule has 2 aliphatic rings. The average Bonchev–Trinajstić information content (AvgIpc) is 3.58. The Hall–Kier alpha value is -3.03. The molecule has 0 bridgehead atoms. The highest BCUT2D eigenvalue weighted by Gasteiger charge is 2.34. The van der Waals surface area contributed by atoms with Gasteiger partial charge in [0.1, 0.15) is 11.6 Å². The van der Waals surface area contributed by atoms with Crippen LogP contribution >= 0.6 is 0 Å². The number of ether oxygens (including phenoxy) is 1. The van der Waals surface area contributed by atoms with Crippen molar-refractivity contribution in [1.82, 2.24) is 15.2 Å². The second-order valence-corrected chi connectivity index (χ2v) is 8.30. The first kappa shape index (κ1) is 20.8. The van der Waals surface area contributed by atoms with E-state index in [0.717, 1.165) is 37.1 Å². The number of rotatable bonds is 7. The van der Waals surface area contributed by atoms with E-state index < -0.39 is 0 Å². The Morgan fingerprint density at radius 3 is 2.62 bits per heavy atom. The molecule has 0 radical (unpaired) electrons. The van der Waals surface area contributed by atoms with E-state index in [9.17, 15) is 9.18 Å². The van der Waals surface area contributed by atoms with Gasteiger partial charge in [-0.05, 0) is 42.7 Å². The van der Waals surface area contributed by atoms with Crippen LogP contribution in [0.5, 0.6) is 0 Å². The molecule has 1 atom stereocenters. The lowest BCUT2D eigenvalue weighted by atomic mass is 10.0. The molecule has 2 aromatic carbocycles. The predicted molar refractivity (Wildman–Crippen MR) is 118 cm³/mol. The standard InChI is InChI=1S/C25H26FN3O3/c26-20-8-4-7-19(15-20)21(29-11-13-31-14-12-29)16-27-24(30)22-23(17-9-10-17)32-25(28-22)18-5-2-1-3-6-18/h1-8,15,17,21H,9-14,16H2,(H,27,30). The lowest BCUT2D eigenvalue weighted by molar-refractivity contribution is 0.0161. The van der Waals surface area contributed by atoms with Crippen LogP contribution in [0.3, 0.4) is 0 Å². The Labute approximate surface area is 186 Å². The third-order valence-electron chi connectivity index (χ3n) is 6.01. The molecule has 1 aliphatic heterocycles. The van der Waals surface area contributed by atoms with Crippen molar-refractivity contribution in [2.24, 2.45) is 0 Å². The van der Waals surface area contributed by atoms with Crippen LogP contribution in [0.25, 0.3) is 11.5 Å². The summed E-state index contributed by atoms with van der Waals surface area (Å²) in [6.45, 7) is 3.05. The van der Waals surface area contributed by atoms with E-state index in [-0.39, 0.29) is 23.7 Å². The van der Waals surface area contributed by atoms with Crippen molar-refractivity contribution in [3.8, 4) is 11.5 Å². The van der Waals surface area contributed by atoms with Crippen molar-refractivity contribution in [2.75, 3.05) is 32.8 Å². The van der Waals surface area contributed by atoms with Crippen molar-refractivity contribution >= 4 is 5.91 Å². The summed E-state index contributed by atoms with van der Waals surface area (Å²) >= 11 is 0. The van der Waals surface area contributed by atoms with Crippen LogP contribution < -0.4 is 5.32 Å². The zero-order chi connectivity index (χ0) is 21.9. The van der Waals surface area contributed by atoms with Gasteiger partial charge in [0, 0.05) is 31.1 Å². The van der Waals surface area contributed by atoms with Crippen molar-refractivity contribution < 1.29 is 18.3 Å². The van der Waals surface area contributed by atoms with E-state index in [0.29, 0.717) is 37.1 Å². The quantitative estimate of drug-likeness (QED) is 0.604. The molecule has 1 N–H and O–H groups in total. The number of benzene rings is 2. The number of oxazole rings is 1. The molecule has 5 rings (SSSR count). The summed E-state index contributed by atoms with van der Waals surface area (Å²) in [6, 6.07) is 16.0. The second-order valence-electron chi connectivity index (χ2n) is 8.30. The Morgan fingerprint density at radius 1 is 1.12 bits per heavy atom. The van der Waals surface area contributed by atoms with E-state index in [1.807, 2.05) is 36.4 Å². The number of aromatic nitrogens is 1. The number of amides is 1. The first-order chi connectivity index (χ1) is 15.7. The van der Waals surface area contributed by atoms with Gasteiger partial charge in [0.15, 0.2) is 5.69 Å². The summed E-state index contributed by atoms with van der Waals surface area (Å²) in [6.07, 6.45) is 2.01. The number of carbonyl (C=O) groups excluding carboxylic acids is 1. The van der Waals surface area contributed by atoms with Gasteiger partial charge in [-0.15, -0.1) is 0 Å². The van der Waals surface area contributed by atoms with Crippen LogP contribution in [0.15, 0.2) is 59.0 Å². The molecule has 1 aromatic heterocycles. The van der Waals surface area contributed by atoms with Gasteiger partial charge in [0.25, 0.3) is 5.91 Å². The Bertz CT molecular complexity index is 1080. The van der Waals surface area contributed by atoms with Crippen LogP contribution in [0.4, 0.5) is 4.39 Å². The molecule has 3 aromatic rings. The van der Waals surface area contributed by atoms with Crippen molar-refractivity contribution in [2.45, 2.75) is 24.8 Å². The maximum absolute atomic E-state index is 13.9. The van der Waals surface area contributed by atoms with Crippen molar-refractivity contribution in [3.05, 3.63) is 77.4 Å². The predicted octanol–water partition coefficient (Wildman–Crippen LogP) is 4.16. The van der Waals surface area contributed by atoms with E-state index in [1.165, 1.54) is 12.1 Å². The van der Waals surface area contributed by atoms with Crippen LogP contribution in [0.2, 0.25) is 0 Å². The van der Waals surface area contributed by atoms with Gasteiger partial charge in [-0.1, -0.05) is 30.3 Å². The molecule has 32 heavy (non-hydrogen) atoms. The van der Waals surface area contributed by atoms with Gasteiger partial charge in [-0.3, -0.25) is 9.69 Å². The highest BCUT2D eigenvalue weighted by molar-refractivity contribution is 5.94. The molecule has 1 aliphatic carbocycles. The largest absolute Gasteiger partial charge is 0.440 e. The molecule has 1 amide bonds. The van der Waals surface area contributed by atoms with Crippen molar-refractivity contribution in [3.63, 3.8) is 0 Å². The zero-order valence-electron chi connectivity index (χ0n) is 17.8. The third-order valence-corrected chi connectivity index (χ3v) is 6.01. The van der Waals surface area contributed by atoms with E-state index >= 15 is 0 Å². The highest BCUT2D eigenvalue weighted by atomic mass is 19.1. The van der Waals surface area contributed by atoms with Gasteiger partial charge < -0.3 is 14.5 Å². The maximum atomic E-state index is 13.9. The van der Waals surface area contributed by atoms with E-state index in [4.69, 9.17) is 9.15 Å². The number of morpholine rings is 1. The monoisotopic (exact) mass is 435 g/mol. The number of hydrogen-bond donors (Lipinski definition) is 1. The fourth-order valence-electron chi connectivity index (χ4n) is 4.15. The molecule has 166 valence electrons. The Balaban J connectivity index is 1.37. The van der Waals surface area contributed by atoms with E-state index in [2.05, 4.69) is 15.2 Å². The summed E-state index contributed by atoms with van der Waals surface area (Å²) < 4.78 is 25.4. The fraction of sp³-hybridized carbons (Fsp3) is 0.360. The van der Waals surface area contributed by atoms with Gasteiger partial charge >= 0.3 is 0 Å². The lowest BCUT2D eigenvalue weighted by Gasteiger charge is -2.34. The molecule has 2 fully saturated rings. The van der Waals surface area contributed by atoms with E-state index in [1.54, 1.807) is 6.07 Å². The first-order valence-electron chi connectivity index (χ1n) is 11.1. The summed E-state index contributed by atoms with van der Waals surface area (Å²) in [4.78, 5) is 19.9. The minimum Gasteiger partial charge on any atom is -0.440 e. The summed E-state index contributed by atoms with van der Waals surface area (Å²) in [7, 11) is 0. The fourth-order valence-corrected chi connectivity index (χ4v) is 4.15. The molecular formula is C25H26FN3O3. The molecule has 6 nitrogen and oxygen atoms in total. The second kappa shape index (κ2) is 9.22. The SMILES string of the molecule is O=C(NCC(c1cccc(F)c1)N1CCOCC1)c1nc(-c2ccccc2)oc1C1CC1. The number of nitrogens with zero attached hydrogens (tertiary/aromatic N) is 2. The average molecular weight is 435 g/mol. The Morgan fingerprint density at radius 2 is 1.91 bits per heavy atom. The molecule has 1 saturated carbocycles. The highest BCUT2D eigenvalue weighted by Crippen LogP contribution is 2.43. The molecule has 1 unspecified atom stereocenters. The van der Waals surface area contributed by atoms with Crippen molar-refractivity contribution in [1.29, 1.82) is 0 Å². The Kier molecular flexibility index (Phi) is 6.01. The maximum Gasteiger partial charge on any atom is 0.273 e. The summed E-state index contributed by atoms with van der Waals surface area (Å²) in [5.41, 5.74) is 2.03. The van der Waals surface area contributed by atoms with Crippen LogP contribution in [-0.4, -0.2) is 48.6 Å². The van der Waals surface area contributed by atoms with Crippen LogP contribution in [0.1, 0.15) is 46.6 Å². The number of carbonyl (C=O) groups is 1. The van der Waals surface area contributed by atoms with Gasteiger partial charge in [-0.25, -0.2) is 9.37 Å². The third kappa shape index (κ3) is 4.59. The number of nitrogens with one attached hydrogen (secondary N) is 1.